The average molecular weight is 329 g/mol. The van der Waals surface area contributed by atoms with Crippen LogP contribution in [0.4, 0.5) is 4.39 Å². The van der Waals surface area contributed by atoms with Gasteiger partial charge in [-0.1, -0.05) is 18.6 Å². The molecule has 0 atom stereocenters. The average Bonchev–Trinajstić information content (AvgIpc) is 2.74. The summed E-state index contributed by atoms with van der Waals surface area (Å²) in [6, 6.07) is 6.69. The zero-order valence-corrected chi connectivity index (χ0v) is 14.5. The Hall–Kier alpha value is -2.17. The molecule has 1 aliphatic carbocycles. The summed E-state index contributed by atoms with van der Waals surface area (Å²) >= 11 is 0. The quantitative estimate of drug-likeness (QED) is 0.917. The smallest absolute Gasteiger partial charge is 0.224 e. The molecule has 24 heavy (non-hydrogen) atoms. The second-order valence-electron chi connectivity index (χ2n) is 6.87. The molecule has 1 aromatic heterocycles. The van der Waals surface area contributed by atoms with Crippen molar-refractivity contribution in [2.24, 2.45) is 7.05 Å². The van der Waals surface area contributed by atoms with Gasteiger partial charge in [0.05, 0.1) is 12.1 Å². The summed E-state index contributed by atoms with van der Waals surface area (Å²) in [5.74, 6) is -0.206. The highest BCUT2D eigenvalue weighted by Crippen LogP contribution is 2.43. The summed E-state index contributed by atoms with van der Waals surface area (Å²) in [6.07, 6.45) is 3.56. The lowest BCUT2D eigenvalue weighted by Crippen LogP contribution is -2.46. The van der Waals surface area contributed by atoms with Crippen molar-refractivity contribution in [2.75, 3.05) is 6.54 Å². The van der Waals surface area contributed by atoms with Crippen molar-refractivity contribution in [1.82, 2.24) is 15.1 Å². The minimum atomic E-state index is -0.222. The minimum Gasteiger partial charge on any atom is -0.355 e. The Labute approximate surface area is 142 Å². The lowest BCUT2D eigenvalue weighted by molar-refractivity contribution is -0.120. The van der Waals surface area contributed by atoms with Crippen LogP contribution in [-0.2, 0) is 23.7 Å². The van der Waals surface area contributed by atoms with E-state index in [1.807, 2.05) is 37.7 Å². The van der Waals surface area contributed by atoms with Crippen molar-refractivity contribution in [3.8, 4) is 0 Å². The van der Waals surface area contributed by atoms with Crippen molar-refractivity contribution in [3.05, 3.63) is 52.6 Å². The fourth-order valence-electron chi connectivity index (χ4n) is 3.54. The van der Waals surface area contributed by atoms with E-state index in [4.69, 9.17) is 0 Å². The molecule has 0 aliphatic heterocycles. The number of amides is 1. The molecule has 0 spiro atoms. The van der Waals surface area contributed by atoms with Crippen LogP contribution < -0.4 is 5.32 Å². The summed E-state index contributed by atoms with van der Waals surface area (Å²) in [7, 11) is 1.89. The maximum Gasteiger partial charge on any atom is 0.224 e. The number of aromatic nitrogens is 2. The summed E-state index contributed by atoms with van der Waals surface area (Å²) in [5, 5.41) is 7.44. The maximum atomic E-state index is 13.2. The maximum absolute atomic E-state index is 13.2. The number of nitrogens with one attached hydrogen (secondary N) is 1. The zero-order chi connectivity index (χ0) is 17.3. The van der Waals surface area contributed by atoms with Gasteiger partial charge in [-0.15, -0.1) is 0 Å². The SMILES string of the molecule is Cc1nn(C)c(C)c1CC(=O)NCC1(c2ccc(F)cc2)CCC1. The number of hydrogen-bond acceptors (Lipinski definition) is 2. The Morgan fingerprint density at radius 2 is 1.96 bits per heavy atom. The van der Waals surface area contributed by atoms with Crippen LogP contribution in [-0.4, -0.2) is 22.2 Å². The highest BCUT2D eigenvalue weighted by molar-refractivity contribution is 5.79. The third-order valence-electron chi connectivity index (χ3n) is 5.39. The molecule has 5 heteroatoms. The van der Waals surface area contributed by atoms with E-state index in [9.17, 15) is 9.18 Å². The largest absolute Gasteiger partial charge is 0.355 e. The fraction of sp³-hybridized carbons (Fsp3) is 0.474. The number of carbonyl (C=O) groups excluding carboxylic acids is 1. The minimum absolute atomic E-state index is 0.0163. The van der Waals surface area contributed by atoms with Gasteiger partial charge in [-0.05, 0) is 44.4 Å². The predicted molar refractivity (Wildman–Crippen MR) is 91.3 cm³/mol. The molecule has 0 unspecified atom stereocenters. The van der Waals surface area contributed by atoms with Crippen molar-refractivity contribution >= 4 is 5.91 Å². The second-order valence-corrected chi connectivity index (χ2v) is 6.87. The highest BCUT2D eigenvalue weighted by Gasteiger charge is 2.38. The van der Waals surface area contributed by atoms with Crippen LogP contribution in [0.3, 0.4) is 0 Å². The molecular formula is C19H24FN3O. The van der Waals surface area contributed by atoms with E-state index in [0.717, 1.165) is 41.8 Å². The Balaban J connectivity index is 1.65. The summed E-state index contributed by atoms with van der Waals surface area (Å²) < 4.78 is 15.0. The lowest BCUT2D eigenvalue weighted by atomic mass is 9.64. The van der Waals surface area contributed by atoms with Gasteiger partial charge in [-0.2, -0.15) is 5.10 Å². The van der Waals surface area contributed by atoms with E-state index in [0.29, 0.717) is 13.0 Å². The first-order chi connectivity index (χ1) is 11.4. The first-order valence-corrected chi connectivity index (χ1v) is 8.43. The molecule has 1 heterocycles. The van der Waals surface area contributed by atoms with Gasteiger partial charge in [0.2, 0.25) is 5.91 Å². The van der Waals surface area contributed by atoms with E-state index in [-0.39, 0.29) is 17.1 Å². The zero-order valence-electron chi connectivity index (χ0n) is 14.5. The fourth-order valence-corrected chi connectivity index (χ4v) is 3.54. The number of nitrogens with zero attached hydrogens (tertiary/aromatic N) is 2. The van der Waals surface area contributed by atoms with Crippen LogP contribution >= 0.6 is 0 Å². The molecule has 1 amide bonds. The number of hydrogen-bond donors (Lipinski definition) is 1. The molecule has 1 saturated carbocycles. The number of carbonyl (C=O) groups is 1. The van der Waals surface area contributed by atoms with Gasteiger partial charge in [0.25, 0.3) is 0 Å². The molecule has 1 N–H and O–H groups in total. The number of benzene rings is 1. The van der Waals surface area contributed by atoms with Crippen LogP contribution in [0.1, 0.15) is 41.8 Å². The first-order valence-electron chi connectivity index (χ1n) is 8.43. The summed E-state index contributed by atoms with van der Waals surface area (Å²) in [5.41, 5.74) is 4.01. The number of rotatable bonds is 5. The van der Waals surface area contributed by atoms with E-state index >= 15 is 0 Å². The predicted octanol–water partition coefficient (Wildman–Crippen LogP) is 2.96. The van der Waals surface area contributed by atoms with Crippen molar-refractivity contribution in [1.29, 1.82) is 0 Å². The van der Waals surface area contributed by atoms with E-state index in [2.05, 4.69) is 10.4 Å². The standard InChI is InChI=1S/C19H24FN3O/c1-13-17(14(2)23(3)22-13)11-18(24)21-12-19(9-4-10-19)15-5-7-16(20)8-6-15/h5-8H,4,9-12H2,1-3H3,(H,21,24). The van der Waals surface area contributed by atoms with E-state index in [1.54, 1.807) is 0 Å². The highest BCUT2D eigenvalue weighted by atomic mass is 19.1. The Bertz CT molecular complexity index is 745. The summed E-state index contributed by atoms with van der Waals surface area (Å²) in [6.45, 7) is 4.52. The molecule has 0 radical (unpaired) electrons. The summed E-state index contributed by atoms with van der Waals surface area (Å²) in [4.78, 5) is 12.4. The van der Waals surface area contributed by atoms with Crippen molar-refractivity contribution < 1.29 is 9.18 Å². The molecule has 2 aromatic rings. The molecule has 4 nitrogen and oxygen atoms in total. The molecule has 1 aromatic carbocycles. The normalized spacial score (nSPS) is 15.8. The van der Waals surface area contributed by atoms with Gasteiger partial charge >= 0.3 is 0 Å². The van der Waals surface area contributed by atoms with Gasteiger partial charge < -0.3 is 5.32 Å². The molecule has 1 fully saturated rings. The van der Waals surface area contributed by atoms with Gasteiger partial charge in [0, 0.05) is 30.3 Å². The lowest BCUT2D eigenvalue weighted by Gasteiger charge is -2.42. The van der Waals surface area contributed by atoms with Gasteiger partial charge in [0.1, 0.15) is 5.82 Å². The number of halogens is 1. The molecule has 0 bridgehead atoms. The Morgan fingerprint density at radius 3 is 2.46 bits per heavy atom. The third kappa shape index (κ3) is 3.07. The van der Waals surface area contributed by atoms with Crippen LogP contribution in [0.25, 0.3) is 0 Å². The van der Waals surface area contributed by atoms with Crippen molar-refractivity contribution in [2.45, 2.75) is 44.9 Å². The molecular weight excluding hydrogens is 305 g/mol. The van der Waals surface area contributed by atoms with E-state index < -0.39 is 0 Å². The van der Waals surface area contributed by atoms with Crippen LogP contribution in [0.2, 0.25) is 0 Å². The monoisotopic (exact) mass is 329 g/mol. The van der Waals surface area contributed by atoms with Crippen molar-refractivity contribution in [3.63, 3.8) is 0 Å². The molecule has 128 valence electrons. The van der Waals surface area contributed by atoms with Gasteiger partial charge in [-0.25, -0.2) is 4.39 Å². The van der Waals surface area contributed by atoms with Crippen LogP contribution in [0, 0.1) is 19.7 Å². The Kier molecular flexibility index (Phi) is 4.43. The topological polar surface area (TPSA) is 46.9 Å². The molecule has 0 saturated heterocycles. The van der Waals surface area contributed by atoms with Gasteiger partial charge in [0.15, 0.2) is 0 Å². The third-order valence-corrected chi connectivity index (χ3v) is 5.39. The van der Waals surface area contributed by atoms with Gasteiger partial charge in [-0.3, -0.25) is 9.48 Å². The second kappa shape index (κ2) is 6.38. The van der Waals surface area contributed by atoms with Crippen LogP contribution in [0.5, 0.6) is 0 Å². The molecule has 1 aliphatic rings. The number of aryl methyl sites for hydroxylation is 2. The Morgan fingerprint density at radius 1 is 1.29 bits per heavy atom. The van der Waals surface area contributed by atoms with Crippen LogP contribution in [0.15, 0.2) is 24.3 Å². The molecule has 3 rings (SSSR count). The first kappa shape index (κ1) is 16.7. The van der Waals surface area contributed by atoms with E-state index in [1.165, 1.54) is 12.1 Å².